The molecule has 3 fully saturated rings. The molecule has 0 spiro atoms. The Hall–Kier alpha value is -1.57. The van der Waals surface area contributed by atoms with Crippen LogP contribution in [0.4, 0.5) is 0 Å². The van der Waals surface area contributed by atoms with Crippen molar-refractivity contribution >= 4 is 5.97 Å². The Morgan fingerprint density at radius 3 is 2.80 bits per heavy atom. The van der Waals surface area contributed by atoms with Crippen LogP contribution >= 0.6 is 0 Å². The summed E-state index contributed by atoms with van der Waals surface area (Å²) in [5.41, 5.74) is 4.12. The summed E-state index contributed by atoms with van der Waals surface area (Å²) in [5.74, 6) is 2.04. The van der Waals surface area contributed by atoms with Gasteiger partial charge in [0, 0.05) is 12.0 Å². The van der Waals surface area contributed by atoms with Crippen molar-refractivity contribution in [1.82, 2.24) is 0 Å². The highest BCUT2D eigenvalue weighted by Gasteiger charge is 2.58. The number of carboxylic acid groups (broad SMARTS) is 1. The molecule has 0 amide bonds. The first-order valence-corrected chi connectivity index (χ1v) is 9.91. The standard InChI is InChI=1S/C23H30O2/c1-14-15(2)22-19-9-8-16-6-4-5-7-17(16)18(19)12-13-23(22,3)20(14)10-11-21(24)25/h6,10-11,17-20,22H,1-2,4-5,7-9,12-13H2,3H3,(H,24,25)/t17-,18+,19+,20+,22-,23+/m0/s1. The Balaban J connectivity index is 1.67. The number of carboxylic acids is 1. The van der Waals surface area contributed by atoms with Crippen molar-refractivity contribution in [1.29, 1.82) is 0 Å². The fourth-order valence-electron chi connectivity index (χ4n) is 6.85. The van der Waals surface area contributed by atoms with Crippen molar-refractivity contribution in [2.75, 3.05) is 0 Å². The predicted molar refractivity (Wildman–Crippen MR) is 101 cm³/mol. The molecule has 0 aromatic heterocycles. The lowest BCUT2D eigenvalue weighted by atomic mass is 9.51. The summed E-state index contributed by atoms with van der Waals surface area (Å²) in [7, 11) is 0. The molecule has 4 aliphatic rings. The third-order valence-corrected chi connectivity index (χ3v) is 7.90. The molecule has 0 aromatic carbocycles. The Bertz CT molecular complexity index is 682. The zero-order valence-corrected chi connectivity index (χ0v) is 15.3. The maximum atomic E-state index is 11.0. The van der Waals surface area contributed by atoms with Gasteiger partial charge in [0.25, 0.3) is 0 Å². The molecule has 6 atom stereocenters. The van der Waals surface area contributed by atoms with Crippen LogP contribution in [0.25, 0.3) is 0 Å². The molecule has 2 nitrogen and oxygen atoms in total. The molecule has 0 aromatic rings. The van der Waals surface area contributed by atoms with Crippen LogP contribution in [-0.2, 0) is 4.79 Å². The van der Waals surface area contributed by atoms with Crippen molar-refractivity contribution < 1.29 is 9.90 Å². The Kier molecular flexibility index (Phi) is 4.05. The minimum Gasteiger partial charge on any atom is -0.478 e. The second kappa shape index (κ2) is 6.00. The van der Waals surface area contributed by atoms with E-state index in [9.17, 15) is 4.79 Å². The molecule has 0 unspecified atom stereocenters. The zero-order valence-electron chi connectivity index (χ0n) is 15.3. The summed E-state index contributed by atoms with van der Waals surface area (Å²) in [5, 5.41) is 9.08. The number of carbonyl (C=O) groups is 1. The third-order valence-electron chi connectivity index (χ3n) is 7.90. The molecule has 3 saturated carbocycles. The van der Waals surface area contributed by atoms with Gasteiger partial charge in [-0.2, -0.15) is 0 Å². The van der Waals surface area contributed by atoms with E-state index < -0.39 is 5.97 Å². The second-order valence-electron chi connectivity index (χ2n) is 8.93. The van der Waals surface area contributed by atoms with E-state index in [0.717, 1.165) is 23.8 Å². The van der Waals surface area contributed by atoms with Crippen LogP contribution in [0.3, 0.4) is 0 Å². The van der Waals surface area contributed by atoms with E-state index in [1.165, 1.54) is 50.2 Å². The Labute approximate surface area is 151 Å². The minimum atomic E-state index is -0.867. The van der Waals surface area contributed by atoms with Gasteiger partial charge in [-0.3, -0.25) is 0 Å². The van der Waals surface area contributed by atoms with Crippen LogP contribution in [0.1, 0.15) is 51.9 Å². The fourth-order valence-corrected chi connectivity index (χ4v) is 6.85. The molecule has 0 radical (unpaired) electrons. The summed E-state index contributed by atoms with van der Waals surface area (Å²) < 4.78 is 0. The highest BCUT2D eigenvalue weighted by molar-refractivity contribution is 5.80. The third kappa shape index (κ3) is 2.48. The summed E-state index contributed by atoms with van der Waals surface area (Å²) in [6, 6.07) is 0. The first-order chi connectivity index (χ1) is 11.9. The van der Waals surface area contributed by atoms with Crippen LogP contribution in [0.5, 0.6) is 0 Å². The van der Waals surface area contributed by atoms with E-state index in [1.807, 2.05) is 6.08 Å². The van der Waals surface area contributed by atoms with Crippen molar-refractivity contribution in [3.8, 4) is 0 Å². The number of hydrogen-bond donors (Lipinski definition) is 1. The van der Waals surface area contributed by atoms with Gasteiger partial charge in [-0.05, 0) is 85.2 Å². The van der Waals surface area contributed by atoms with Crippen molar-refractivity contribution in [2.24, 2.45) is 35.0 Å². The first kappa shape index (κ1) is 16.9. The molecule has 2 heteroatoms. The lowest BCUT2D eigenvalue weighted by Gasteiger charge is -2.53. The maximum Gasteiger partial charge on any atom is 0.327 e. The molecule has 4 rings (SSSR count). The average Bonchev–Trinajstić information content (AvgIpc) is 2.79. The number of hydrogen-bond acceptors (Lipinski definition) is 1. The van der Waals surface area contributed by atoms with E-state index in [2.05, 4.69) is 26.2 Å². The van der Waals surface area contributed by atoms with Gasteiger partial charge in [0.05, 0.1) is 0 Å². The van der Waals surface area contributed by atoms with Crippen LogP contribution < -0.4 is 0 Å². The van der Waals surface area contributed by atoms with E-state index >= 15 is 0 Å². The summed E-state index contributed by atoms with van der Waals surface area (Å²) in [6.07, 6.45) is 14.7. The molecule has 0 saturated heterocycles. The van der Waals surface area contributed by atoms with Gasteiger partial charge < -0.3 is 5.11 Å². The Morgan fingerprint density at radius 2 is 2.04 bits per heavy atom. The predicted octanol–water partition coefficient (Wildman–Crippen LogP) is 5.54. The SMILES string of the molecule is C=C1C(=C)[C@H]2[C@@H]3CCC4=CCCC[C@@H]4[C@H]3CC[C@]2(C)[C@@H]1C=CC(=O)O. The van der Waals surface area contributed by atoms with E-state index in [0.29, 0.717) is 11.8 Å². The second-order valence-corrected chi connectivity index (χ2v) is 8.93. The van der Waals surface area contributed by atoms with Crippen LogP contribution in [0.15, 0.2) is 48.1 Å². The zero-order chi connectivity index (χ0) is 17.8. The molecular weight excluding hydrogens is 308 g/mol. The van der Waals surface area contributed by atoms with Crippen molar-refractivity contribution in [3.05, 3.63) is 48.1 Å². The quantitative estimate of drug-likeness (QED) is 0.530. The molecule has 1 N–H and O–H groups in total. The molecule has 0 aliphatic heterocycles. The lowest BCUT2D eigenvalue weighted by Crippen LogP contribution is -2.46. The van der Waals surface area contributed by atoms with Gasteiger partial charge in [-0.1, -0.05) is 37.8 Å². The highest BCUT2D eigenvalue weighted by atomic mass is 16.4. The van der Waals surface area contributed by atoms with E-state index in [4.69, 9.17) is 5.11 Å². The summed E-state index contributed by atoms with van der Waals surface area (Å²) >= 11 is 0. The topological polar surface area (TPSA) is 37.3 Å². The fraction of sp³-hybridized carbons (Fsp3) is 0.609. The molecule has 4 aliphatic carbocycles. The number of aliphatic carboxylic acids is 1. The minimum absolute atomic E-state index is 0.0944. The monoisotopic (exact) mass is 338 g/mol. The average molecular weight is 338 g/mol. The molecule has 0 bridgehead atoms. The van der Waals surface area contributed by atoms with Gasteiger partial charge in [-0.25, -0.2) is 4.79 Å². The molecular formula is C23H30O2. The van der Waals surface area contributed by atoms with E-state index in [1.54, 1.807) is 5.57 Å². The lowest BCUT2D eigenvalue weighted by molar-refractivity contribution is -0.131. The Morgan fingerprint density at radius 1 is 1.24 bits per heavy atom. The van der Waals surface area contributed by atoms with E-state index in [-0.39, 0.29) is 11.3 Å². The summed E-state index contributed by atoms with van der Waals surface area (Å²) in [6.45, 7) is 11.1. The van der Waals surface area contributed by atoms with Crippen LogP contribution in [0, 0.1) is 35.0 Å². The molecule has 25 heavy (non-hydrogen) atoms. The largest absolute Gasteiger partial charge is 0.478 e. The number of rotatable bonds is 2. The highest BCUT2D eigenvalue weighted by Crippen LogP contribution is 2.66. The number of allylic oxidation sites excluding steroid dienone is 5. The van der Waals surface area contributed by atoms with Gasteiger partial charge in [-0.15, -0.1) is 0 Å². The summed E-state index contributed by atoms with van der Waals surface area (Å²) in [4.78, 5) is 11.0. The van der Waals surface area contributed by atoms with Gasteiger partial charge in [0.2, 0.25) is 0 Å². The van der Waals surface area contributed by atoms with Crippen LogP contribution in [-0.4, -0.2) is 11.1 Å². The molecule has 0 heterocycles. The van der Waals surface area contributed by atoms with Crippen molar-refractivity contribution in [3.63, 3.8) is 0 Å². The molecule has 134 valence electrons. The maximum absolute atomic E-state index is 11.0. The first-order valence-electron chi connectivity index (χ1n) is 9.91. The number of fused-ring (bicyclic) bond motifs is 5. The normalized spacial score (nSPS) is 43.4. The van der Waals surface area contributed by atoms with Gasteiger partial charge >= 0.3 is 5.97 Å². The van der Waals surface area contributed by atoms with Crippen molar-refractivity contribution in [2.45, 2.75) is 51.9 Å². The van der Waals surface area contributed by atoms with Crippen LogP contribution in [0.2, 0.25) is 0 Å². The smallest absolute Gasteiger partial charge is 0.327 e. The van der Waals surface area contributed by atoms with Gasteiger partial charge in [0.1, 0.15) is 0 Å². The van der Waals surface area contributed by atoms with Gasteiger partial charge in [0.15, 0.2) is 0 Å².